The average Bonchev–Trinajstić information content (AvgIpc) is 2.57. The van der Waals surface area contributed by atoms with Gasteiger partial charge in [0.2, 0.25) is 0 Å². The Morgan fingerprint density at radius 1 is 1.12 bits per heavy atom. The van der Waals surface area contributed by atoms with E-state index in [1.54, 1.807) is 12.1 Å². The highest BCUT2D eigenvalue weighted by atomic mass is 35.5. The third kappa shape index (κ3) is 5.34. The van der Waals surface area contributed by atoms with Crippen molar-refractivity contribution in [2.45, 2.75) is 4.90 Å². The van der Waals surface area contributed by atoms with Gasteiger partial charge >= 0.3 is 0 Å². The van der Waals surface area contributed by atoms with Crippen molar-refractivity contribution >= 4 is 44.8 Å². The lowest BCUT2D eigenvalue weighted by Gasteiger charge is -2.11. The lowest BCUT2D eigenvalue weighted by molar-refractivity contribution is 0.0937. The summed E-state index contributed by atoms with van der Waals surface area (Å²) in [4.78, 5) is 12.1. The van der Waals surface area contributed by atoms with Crippen LogP contribution in [0.1, 0.15) is 10.4 Å². The first-order valence-electron chi connectivity index (χ1n) is 7.18. The molecule has 0 aliphatic rings. The van der Waals surface area contributed by atoms with Gasteiger partial charge in [-0.05, 0) is 42.5 Å². The van der Waals surface area contributed by atoms with Crippen LogP contribution < -0.4 is 10.0 Å². The highest BCUT2D eigenvalue weighted by Crippen LogP contribution is 2.23. The molecule has 0 aromatic heterocycles. The number of hydrogen-bond acceptors (Lipinski definition) is 4. The molecule has 0 bridgehead atoms. The van der Waals surface area contributed by atoms with E-state index in [1.165, 1.54) is 37.4 Å². The minimum absolute atomic E-state index is 0.0664. The molecule has 134 valence electrons. The number of ether oxygens (including phenoxy) is 1. The Bertz CT molecular complexity index is 855. The van der Waals surface area contributed by atoms with E-state index >= 15 is 0 Å². The molecule has 0 spiro atoms. The lowest BCUT2D eigenvalue weighted by Crippen LogP contribution is -2.27. The Balaban J connectivity index is 2.24. The van der Waals surface area contributed by atoms with Gasteiger partial charge < -0.3 is 10.1 Å². The molecule has 0 aliphatic carbocycles. The van der Waals surface area contributed by atoms with Crippen molar-refractivity contribution in [3.8, 4) is 0 Å². The molecule has 2 aromatic carbocycles. The summed E-state index contributed by atoms with van der Waals surface area (Å²) in [5.74, 6) is -0.481. The molecule has 2 N–H and O–H groups in total. The van der Waals surface area contributed by atoms with E-state index in [0.717, 1.165) is 0 Å². The van der Waals surface area contributed by atoms with Gasteiger partial charge in [-0.15, -0.1) is 0 Å². The summed E-state index contributed by atoms with van der Waals surface area (Å²) in [7, 11) is -2.37. The molecule has 0 saturated carbocycles. The molecule has 2 rings (SSSR count). The molecule has 0 heterocycles. The number of nitrogens with one attached hydrogen (secondary N) is 2. The van der Waals surface area contributed by atoms with Crippen LogP contribution in [0.3, 0.4) is 0 Å². The Morgan fingerprint density at radius 3 is 2.44 bits per heavy atom. The summed E-state index contributed by atoms with van der Waals surface area (Å²) >= 11 is 11.8. The molecular weight excluding hydrogens is 387 g/mol. The van der Waals surface area contributed by atoms with Gasteiger partial charge in [0.05, 0.1) is 22.1 Å². The topological polar surface area (TPSA) is 84.5 Å². The number of sulfonamides is 1. The molecule has 1 amide bonds. The summed E-state index contributed by atoms with van der Waals surface area (Å²) in [6.07, 6.45) is 0. The fourth-order valence-corrected chi connectivity index (χ4v) is 3.35. The Morgan fingerprint density at radius 2 is 1.80 bits per heavy atom. The number of hydrogen-bond donors (Lipinski definition) is 2. The molecule has 25 heavy (non-hydrogen) atoms. The number of rotatable bonds is 7. The standard InChI is InChI=1S/C16H16Cl2N2O4S/c1-24-9-8-19-16(21)14-10-13(6-7-15(14)18)25(22,23)20-12-4-2-11(17)3-5-12/h2-7,10,20H,8-9H2,1H3,(H,19,21). The third-order valence-electron chi connectivity index (χ3n) is 3.18. The first-order chi connectivity index (χ1) is 11.8. The molecule has 0 atom stereocenters. The van der Waals surface area contributed by atoms with Crippen molar-refractivity contribution in [2.75, 3.05) is 25.0 Å². The fourth-order valence-electron chi connectivity index (χ4n) is 1.94. The van der Waals surface area contributed by atoms with Crippen LogP contribution in [0, 0.1) is 0 Å². The average molecular weight is 403 g/mol. The van der Waals surface area contributed by atoms with E-state index in [-0.39, 0.29) is 22.0 Å². The van der Waals surface area contributed by atoms with Crippen molar-refractivity contribution < 1.29 is 17.9 Å². The zero-order valence-corrected chi connectivity index (χ0v) is 15.6. The second kappa shape index (κ2) is 8.53. The molecule has 0 saturated heterocycles. The largest absolute Gasteiger partial charge is 0.383 e. The Hall–Kier alpha value is -1.80. The molecule has 0 unspecified atom stereocenters. The van der Waals surface area contributed by atoms with Crippen LogP contribution >= 0.6 is 23.2 Å². The minimum atomic E-state index is -3.88. The fraction of sp³-hybridized carbons (Fsp3) is 0.188. The maximum Gasteiger partial charge on any atom is 0.261 e. The van der Waals surface area contributed by atoms with Gasteiger partial charge in [-0.2, -0.15) is 0 Å². The van der Waals surface area contributed by atoms with Crippen molar-refractivity contribution in [1.82, 2.24) is 5.32 Å². The number of methoxy groups -OCH3 is 1. The highest BCUT2D eigenvalue weighted by molar-refractivity contribution is 7.92. The summed E-state index contributed by atoms with van der Waals surface area (Å²) in [6.45, 7) is 0.616. The second-order valence-electron chi connectivity index (χ2n) is 5.00. The summed E-state index contributed by atoms with van der Waals surface area (Å²) < 4.78 is 32.3. The Labute approximate surface area is 156 Å². The molecular formula is C16H16Cl2N2O4S. The molecule has 0 radical (unpaired) electrons. The SMILES string of the molecule is COCCNC(=O)c1cc(S(=O)(=O)Nc2ccc(Cl)cc2)ccc1Cl. The highest BCUT2D eigenvalue weighted by Gasteiger charge is 2.19. The van der Waals surface area contributed by atoms with Crippen LogP contribution in [0.25, 0.3) is 0 Å². The smallest absolute Gasteiger partial charge is 0.261 e. The van der Waals surface area contributed by atoms with E-state index in [1.807, 2.05) is 0 Å². The van der Waals surface area contributed by atoms with Gasteiger partial charge in [0.25, 0.3) is 15.9 Å². The van der Waals surface area contributed by atoms with Gasteiger partial charge in [-0.1, -0.05) is 23.2 Å². The normalized spacial score (nSPS) is 11.2. The molecule has 6 nitrogen and oxygen atoms in total. The first kappa shape index (κ1) is 19.5. The van der Waals surface area contributed by atoms with E-state index in [2.05, 4.69) is 10.0 Å². The van der Waals surface area contributed by atoms with Crippen LogP contribution in [0.5, 0.6) is 0 Å². The minimum Gasteiger partial charge on any atom is -0.383 e. The van der Waals surface area contributed by atoms with E-state index in [9.17, 15) is 13.2 Å². The van der Waals surface area contributed by atoms with Crippen LogP contribution in [0.2, 0.25) is 10.0 Å². The quantitative estimate of drug-likeness (QED) is 0.696. The van der Waals surface area contributed by atoms with E-state index in [0.29, 0.717) is 17.3 Å². The number of carbonyl (C=O) groups excluding carboxylic acids is 1. The van der Waals surface area contributed by atoms with E-state index in [4.69, 9.17) is 27.9 Å². The molecule has 2 aromatic rings. The zero-order chi connectivity index (χ0) is 18.4. The van der Waals surface area contributed by atoms with Crippen LogP contribution in [-0.4, -0.2) is 34.6 Å². The van der Waals surface area contributed by atoms with Crippen LogP contribution in [0.4, 0.5) is 5.69 Å². The monoisotopic (exact) mass is 402 g/mol. The third-order valence-corrected chi connectivity index (χ3v) is 5.14. The van der Waals surface area contributed by atoms with E-state index < -0.39 is 15.9 Å². The lowest BCUT2D eigenvalue weighted by atomic mass is 10.2. The maximum absolute atomic E-state index is 12.5. The Kier molecular flexibility index (Phi) is 6.66. The predicted molar refractivity (Wildman–Crippen MR) is 97.9 cm³/mol. The molecule has 0 fully saturated rings. The van der Waals surface area contributed by atoms with Gasteiger partial charge in [0, 0.05) is 24.4 Å². The van der Waals surface area contributed by atoms with Gasteiger partial charge in [-0.3, -0.25) is 9.52 Å². The summed E-state index contributed by atoms with van der Waals surface area (Å²) in [5.41, 5.74) is 0.419. The summed E-state index contributed by atoms with van der Waals surface area (Å²) in [6, 6.07) is 10.1. The van der Waals surface area contributed by atoms with Crippen molar-refractivity contribution in [2.24, 2.45) is 0 Å². The van der Waals surface area contributed by atoms with Crippen molar-refractivity contribution in [3.63, 3.8) is 0 Å². The number of carbonyl (C=O) groups is 1. The number of amides is 1. The van der Waals surface area contributed by atoms with Crippen LogP contribution in [-0.2, 0) is 14.8 Å². The van der Waals surface area contributed by atoms with Crippen molar-refractivity contribution in [1.29, 1.82) is 0 Å². The number of anilines is 1. The van der Waals surface area contributed by atoms with Crippen molar-refractivity contribution in [3.05, 3.63) is 58.1 Å². The van der Waals surface area contributed by atoms with Gasteiger partial charge in [-0.25, -0.2) is 8.42 Å². The van der Waals surface area contributed by atoms with Gasteiger partial charge in [0.15, 0.2) is 0 Å². The predicted octanol–water partition coefficient (Wildman–Crippen LogP) is 3.17. The first-order valence-corrected chi connectivity index (χ1v) is 9.42. The second-order valence-corrected chi connectivity index (χ2v) is 7.53. The maximum atomic E-state index is 12.5. The zero-order valence-electron chi connectivity index (χ0n) is 13.3. The number of benzene rings is 2. The van der Waals surface area contributed by atoms with Gasteiger partial charge in [0.1, 0.15) is 0 Å². The summed E-state index contributed by atoms with van der Waals surface area (Å²) in [5, 5.41) is 3.24. The number of halogens is 2. The molecule has 9 heteroatoms. The molecule has 0 aliphatic heterocycles. The van der Waals surface area contributed by atoms with Crippen LogP contribution in [0.15, 0.2) is 47.4 Å².